The van der Waals surface area contributed by atoms with Crippen molar-refractivity contribution in [2.45, 2.75) is 29.5 Å². The lowest BCUT2D eigenvalue weighted by Gasteiger charge is -2.43. The van der Waals surface area contributed by atoms with Crippen LogP contribution in [0.4, 0.5) is 5.69 Å². The van der Waals surface area contributed by atoms with Crippen LogP contribution in [0.1, 0.15) is 19.8 Å². The Hall–Kier alpha value is -1.65. The predicted octanol–water partition coefficient (Wildman–Crippen LogP) is 1.67. The number of hydrogen-bond donors (Lipinski definition) is 0. The summed E-state index contributed by atoms with van der Waals surface area (Å²) in [4.78, 5) is 23.6. The van der Waals surface area contributed by atoms with Crippen LogP contribution in [0, 0.1) is 10.1 Å². The molecular weight excluding hydrogens is 366 g/mol. The van der Waals surface area contributed by atoms with Crippen LogP contribution < -0.4 is 0 Å². The first kappa shape index (κ1) is 18.2. The summed E-state index contributed by atoms with van der Waals surface area (Å²) in [7, 11) is -3.69. The molecule has 1 aromatic carbocycles. The molecule has 3 rings (SSSR count). The molecule has 0 unspecified atom stereocenters. The van der Waals surface area contributed by atoms with E-state index in [-0.39, 0.29) is 21.4 Å². The van der Waals surface area contributed by atoms with Gasteiger partial charge in [0.2, 0.25) is 15.9 Å². The zero-order chi connectivity index (χ0) is 18.2. The first-order valence-electron chi connectivity index (χ1n) is 7.93. The molecule has 1 spiro atoms. The number of non-ortho nitro benzene ring substituents is 1. The lowest BCUT2D eigenvalue weighted by molar-refractivity contribution is -0.384. The molecule has 0 aliphatic carbocycles. The predicted molar refractivity (Wildman–Crippen MR) is 93.7 cm³/mol. The van der Waals surface area contributed by atoms with E-state index in [9.17, 15) is 23.3 Å². The normalized spacial score (nSPS) is 20.8. The van der Waals surface area contributed by atoms with Crippen molar-refractivity contribution in [3.63, 3.8) is 0 Å². The van der Waals surface area contributed by atoms with Crippen molar-refractivity contribution in [1.82, 2.24) is 9.21 Å². The maximum atomic E-state index is 12.8. The molecule has 1 amide bonds. The van der Waals surface area contributed by atoms with Gasteiger partial charge in [-0.25, -0.2) is 8.42 Å². The second kappa shape index (κ2) is 6.58. The van der Waals surface area contributed by atoms with E-state index < -0.39 is 14.9 Å². The standard InChI is InChI=1S/C15H19N3O5S2/c1-12(19)17-10-11-24-15(17)6-8-16(9-7-15)25(22,23)14-4-2-13(3-5-14)18(20)21/h2-5H,6-11H2,1H3. The van der Waals surface area contributed by atoms with Crippen LogP contribution >= 0.6 is 11.8 Å². The number of hydrogen-bond acceptors (Lipinski definition) is 6. The summed E-state index contributed by atoms with van der Waals surface area (Å²) in [5.74, 6) is 0.894. The molecule has 0 aromatic heterocycles. The average molecular weight is 385 g/mol. The number of amides is 1. The summed E-state index contributed by atoms with van der Waals surface area (Å²) in [6, 6.07) is 4.93. The lowest BCUT2D eigenvalue weighted by atomic mass is 10.0. The molecular formula is C15H19N3O5S2. The van der Waals surface area contributed by atoms with E-state index in [4.69, 9.17) is 0 Å². The first-order chi connectivity index (χ1) is 11.8. The molecule has 2 saturated heterocycles. The molecule has 25 heavy (non-hydrogen) atoms. The van der Waals surface area contributed by atoms with Crippen molar-refractivity contribution in [3.8, 4) is 0 Å². The fraction of sp³-hybridized carbons (Fsp3) is 0.533. The molecule has 2 aliphatic rings. The van der Waals surface area contributed by atoms with Crippen molar-refractivity contribution in [2.24, 2.45) is 0 Å². The van der Waals surface area contributed by atoms with E-state index in [2.05, 4.69) is 0 Å². The average Bonchev–Trinajstić information content (AvgIpc) is 2.98. The maximum absolute atomic E-state index is 12.8. The number of benzene rings is 1. The fourth-order valence-electron chi connectivity index (χ4n) is 3.43. The number of nitro benzene ring substituents is 1. The Morgan fingerprint density at radius 3 is 2.32 bits per heavy atom. The van der Waals surface area contributed by atoms with Gasteiger partial charge in [-0.1, -0.05) is 0 Å². The molecule has 10 heteroatoms. The van der Waals surface area contributed by atoms with Crippen LogP contribution in [0.2, 0.25) is 0 Å². The second-order valence-electron chi connectivity index (χ2n) is 6.12. The van der Waals surface area contributed by atoms with E-state index in [1.165, 1.54) is 28.6 Å². The Balaban J connectivity index is 1.75. The van der Waals surface area contributed by atoms with Crippen molar-refractivity contribution in [3.05, 3.63) is 34.4 Å². The number of nitro groups is 1. The first-order valence-corrected chi connectivity index (χ1v) is 10.4. The number of rotatable bonds is 3. The minimum Gasteiger partial charge on any atom is -0.327 e. The SMILES string of the molecule is CC(=O)N1CCSC12CCN(S(=O)(=O)c1ccc([N+](=O)[O-])cc1)CC2. The Bertz CT molecular complexity index is 786. The third-order valence-corrected chi connectivity index (χ3v) is 8.21. The van der Waals surface area contributed by atoms with Crippen molar-refractivity contribution in [2.75, 3.05) is 25.4 Å². The minimum absolute atomic E-state index is 0.0247. The van der Waals surface area contributed by atoms with Crippen LogP contribution in [-0.2, 0) is 14.8 Å². The molecule has 8 nitrogen and oxygen atoms in total. The van der Waals surface area contributed by atoms with Gasteiger partial charge in [0.15, 0.2) is 0 Å². The number of carbonyl (C=O) groups is 1. The van der Waals surface area contributed by atoms with Crippen LogP contribution in [0.3, 0.4) is 0 Å². The fourth-order valence-corrected chi connectivity index (χ4v) is 6.37. The minimum atomic E-state index is -3.69. The Labute approximate surface area is 150 Å². The van der Waals surface area contributed by atoms with Gasteiger partial charge in [0.05, 0.1) is 14.7 Å². The molecule has 136 valence electrons. The number of sulfonamides is 1. The molecule has 1 aromatic rings. The van der Waals surface area contributed by atoms with Gasteiger partial charge in [0.25, 0.3) is 5.69 Å². The van der Waals surface area contributed by atoms with Crippen molar-refractivity contribution < 1.29 is 18.1 Å². The van der Waals surface area contributed by atoms with Gasteiger partial charge in [-0.05, 0) is 25.0 Å². The molecule has 0 radical (unpaired) electrons. The topological polar surface area (TPSA) is 101 Å². The Kier molecular flexibility index (Phi) is 4.78. The van der Waals surface area contributed by atoms with E-state index in [0.717, 1.165) is 5.75 Å². The third-order valence-electron chi connectivity index (χ3n) is 4.75. The lowest BCUT2D eigenvalue weighted by Crippen LogP contribution is -2.53. The van der Waals surface area contributed by atoms with Gasteiger partial charge >= 0.3 is 0 Å². The zero-order valence-corrected chi connectivity index (χ0v) is 15.4. The zero-order valence-electron chi connectivity index (χ0n) is 13.8. The van der Waals surface area contributed by atoms with Crippen LogP contribution in [0.15, 0.2) is 29.2 Å². The van der Waals surface area contributed by atoms with Crippen molar-refractivity contribution in [1.29, 1.82) is 0 Å². The molecule has 2 heterocycles. The third kappa shape index (κ3) is 3.25. The van der Waals surface area contributed by atoms with Crippen LogP contribution in [0.5, 0.6) is 0 Å². The van der Waals surface area contributed by atoms with Gasteiger partial charge in [0, 0.05) is 44.4 Å². The largest absolute Gasteiger partial charge is 0.327 e. The Morgan fingerprint density at radius 2 is 1.80 bits per heavy atom. The van der Waals surface area contributed by atoms with Gasteiger partial charge in [-0.2, -0.15) is 4.31 Å². The highest BCUT2D eigenvalue weighted by atomic mass is 32.2. The second-order valence-corrected chi connectivity index (χ2v) is 9.52. The molecule has 0 bridgehead atoms. The molecule has 2 fully saturated rings. The van der Waals surface area contributed by atoms with Crippen LogP contribution in [0.25, 0.3) is 0 Å². The summed E-state index contributed by atoms with van der Waals surface area (Å²) in [6.45, 7) is 2.91. The van der Waals surface area contributed by atoms with E-state index in [1.54, 1.807) is 18.7 Å². The summed E-state index contributed by atoms with van der Waals surface area (Å²) in [6.07, 6.45) is 1.17. The molecule has 0 saturated carbocycles. The van der Waals surface area contributed by atoms with Crippen LogP contribution in [-0.4, -0.2) is 58.7 Å². The highest BCUT2D eigenvalue weighted by Gasteiger charge is 2.47. The highest BCUT2D eigenvalue weighted by Crippen LogP contribution is 2.44. The summed E-state index contributed by atoms with van der Waals surface area (Å²) < 4.78 is 26.9. The number of piperidine rings is 1. The number of nitrogens with zero attached hydrogens (tertiary/aromatic N) is 3. The molecule has 0 N–H and O–H groups in total. The van der Waals surface area contributed by atoms with E-state index >= 15 is 0 Å². The smallest absolute Gasteiger partial charge is 0.269 e. The Morgan fingerprint density at radius 1 is 1.20 bits per heavy atom. The number of thioether (sulfide) groups is 1. The summed E-state index contributed by atoms with van der Waals surface area (Å²) in [5, 5.41) is 10.7. The van der Waals surface area contributed by atoms with Crippen molar-refractivity contribution >= 4 is 33.4 Å². The molecule has 0 atom stereocenters. The van der Waals surface area contributed by atoms with Gasteiger partial charge in [-0.15, -0.1) is 11.8 Å². The quantitative estimate of drug-likeness (QED) is 0.579. The van der Waals surface area contributed by atoms with Gasteiger partial charge in [0.1, 0.15) is 0 Å². The molecule has 2 aliphatic heterocycles. The summed E-state index contributed by atoms with van der Waals surface area (Å²) >= 11 is 1.72. The monoisotopic (exact) mass is 385 g/mol. The van der Waals surface area contributed by atoms with Gasteiger partial charge in [-0.3, -0.25) is 14.9 Å². The van der Waals surface area contributed by atoms with E-state index in [0.29, 0.717) is 32.5 Å². The van der Waals surface area contributed by atoms with E-state index in [1.807, 2.05) is 4.90 Å². The maximum Gasteiger partial charge on any atom is 0.269 e. The highest BCUT2D eigenvalue weighted by molar-refractivity contribution is 8.00. The van der Waals surface area contributed by atoms with Gasteiger partial charge < -0.3 is 4.90 Å². The summed E-state index contributed by atoms with van der Waals surface area (Å²) in [5.41, 5.74) is -0.143. The number of carbonyl (C=O) groups excluding carboxylic acids is 1.